The highest BCUT2D eigenvalue weighted by Gasteiger charge is 2.31. The zero-order valence-electron chi connectivity index (χ0n) is 13.2. The van der Waals surface area contributed by atoms with Gasteiger partial charge in [0, 0.05) is 6.42 Å². The fourth-order valence-electron chi connectivity index (χ4n) is 2.13. The molecule has 0 atom stereocenters. The molecule has 0 fully saturated rings. The van der Waals surface area contributed by atoms with E-state index in [2.05, 4.69) is 0 Å². The molecule has 0 unspecified atom stereocenters. The fourth-order valence-corrected chi connectivity index (χ4v) is 4.10. The first kappa shape index (κ1) is 16.5. The maximum atomic E-state index is 13.5. The summed E-state index contributed by atoms with van der Waals surface area (Å²) in [5.74, 6) is -0.424. The first-order valence-electron chi connectivity index (χ1n) is 7.42. The van der Waals surface area contributed by atoms with Gasteiger partial charge in [0.2, 0.25) is 0 Å². The van der Waals surface area contributed by atoms with Crippen molar-refractivity contribution in [2.75, 3.05) is 0 Å². The van der Waals surface area contributed by atoms with Crippen molar-refractivity contribution >= 4 is 23.9 Å². The molecular formula is C18H21O3P. The number of carbonyl (C=O) groups is 1. The minimum atomic E-state index is -3.40. The lowest BCUT2D eigenvalue weighted by Crippen LogP contribution is -2.20. The highest BCUT2D eigenvalue weighted by molar-refractivity contribution is 7.74. The number of hydrogen-bond donors (Lipinski definition) is 0. The lowest BCUT2D eigenvalue weighted by atomic mass is 10.2. The minimum absolute atomic E-state index is 0.266. The van der Waals surface area contributed by atoms with E-state index in [0.717, 1.165) is 11.1 Å². The van der Waals surface area contributed by atoms with Crippen LogP contribution in [0, 0.1) is 13.8 Å². The summed E-state index contributed by atoms with van der Waals surface area (Å²) in [5, 5.41) is 1.10. The van der Waals surface area contributed by atoms with Crippen molar-refractivity contribution < 1.29 is 13.9 Å². The molecule has 0 aliphatic carbocycles. The molecule has 0 amide bonds. The van der Waals surface area contributed by atoms with Gasteiger partial charge in [0.1, 0.15) is 0 Å². The van der Waals surface area contributed by atoms with Crippen molar-refractivity contribution in [2.24, 2.45) is 0 Å². The van der Waals surface area contributed by atoms with E-state index in [4.69, 9.17) is 4.52 Å². The molecule has 2 aromatic carbocycles. The molecule has 0 saturated carbocycles. The van der Waals surface area contributed by atoms with Crippen molar-refractivity contribution in [1.29, 1.82) is 0 Å². The molecule has 0 aliphatic rings. The van der Waals surface area contributed by atoms with E-state index in [1.54, 1.807) is 24.3 Å². The van der Waals surface area contributed by atoms with Crippen LogP contribution in [0.15, 0.2) is 48.5 Å². The van der Waals surface area contributed by atoms with Crippen LogP contribution < -0.4 is 10.6 Å². The van der Waals surface area contributed by atoms with Crippen LogP contribution in [0.4, 0.5) is 0 Å². The molecule has 3 nitrogen and oxygen atoms in total. The van der Waals surface area contributed by atoms with Gasteiger partial charge in [-0.3, -0.25) is 9.36 Å². The third-order valence-corrected chi connectivity index (χ3v) is 5.85. The summed E-state index contributed by atoms with van der Waals surface area (Å²) in [5.41, 5.74) is 2.14. The predicted octanol–water partition coefficient (Wildman–Crippen LogP) is 3.88. The summed E-state index contributed by atoms with van der Waals surface area (Å²) in [6.45, 7) is 5.82. The van der Waals surface area contributed by atoms with Gasteiger partial charge >= 0.3 is 13.3 Å². The van der Waals surface area contributed by atoms with Crippen LogP contribution in [0.25, 0.3) is 0 Å². The number of hydrogen-bond acceptors (Lipinski definition) is 3. The monoisotopic (exact) mass is 316 g/mol. The molecule has 116 valence electrons. The molecular weight excluding hydrogens is 295 g/mol. The Labute approximate surface area is 131 Å². The van der Waals surface area contributed by atoms with E-state index >= 15 is 0 Å². The molecule has 0 radical (unpaired) electrons. The maximum absolute atomic E-state index is 13.5. The predicted molar refractivity (Wildman–Crippen MR) is 90.2 cm³/mol. The number of aryl methyl sites for hydroxylation is 2. The third kappa shape index (κ3) is 3.66. The van der Waals surface area contributed by atoms with Crippen LogP contribution in [0.5, 0.6) is 0 Å². The molecule has 0 N–H and O–H groups in total. The van der Waals surface area contributed by atoms with E-state index in [1.807, 2.05) is 45.0 Å². The van der Waals surface area contributed by atoms with Gasteiger partial charge in [-0.05, 0) is 44.5 Å². The number of carbonyl (C=O) groups excluding carboxylic acids is 1. The molecule has 2 aromatic rings. The molecule has 0 aromatic heterocycles. The Kier molecular flexibility index (Phi) is 5.20. The second kappa shape index (κ2) is 6.93. The van der Waals surface area contributed by atoms with Crippen LogP contribution in [-0.4, -0.2) is 5.97 Å². The Balaban J connectivity index is 2.48. The van der Waals surface area contributed by atoms with E-state index < -0.39 is 13.3 Å². The Morgan fingerprint density at radius 2 is 1.32 bits per heavy atom. The summed E-state index contributed by atoms with van der Waals surface area (Å²) >= 11 is 0. The molecule has 0 bridgehead atoms. The lowest BCUT2D eigenvalue weighted by molar-refractivity contribution is -0.133. The van der Waals surface area contributed by atoms with Crippen molar-refractivity contribution in [2.45, 2.75) is 33.6 Å². The SMILES string of the molecule is CCCC(=O)OP(=O)(c1ccc(C)cc1)c1ccc(C)cc1. The average Bonchev–Trinajstić information content (AvgIpc) is 2.48. The quantitative estimate of drug-likeness (QED) is 0.786. The summed E-state index contributed by atoms with van der Waals surface area (Å²) in [6.07, 6.45) is 0.933. The minimum Gasteiger partial charge on any atom is -0.405 e. The van der Waals surface area contributed by atoms with Crippen molar-refractivity contribution in [1.82, 2.24) is 0 Å². The topological polar surface area (TPSA) is 43.4 Å². The second-order valence-electron chi connectivity index (χ2n) is 5.44. The molecule has 0 heterocycles. The Hall–Kier alpha value is -1.86. The summed E-state index contributed by atoms with van der Waals surface area (Å²) in [6, 6.07) is 14.6. The average molecular weight is 316 g/mol. The molecule has 0 saturated heterocycles. The normalized spacial score (nSPS) is 11.2. The van der Waals surface area contributed by atoms with Crippen LogP contribution in [0.1, 0.15) is 30.9 Å². The summed E-state index contributed by atoms with van der Waals surface area (Å²) in [7, 11) is -3.40. The van der Waals surface area contributed by atoms with Gasteiger partial charge in [0.05, 0.1) is 10.6 Å². The Bertz CT molecular complexity index is 638. The second-order valence-corrected chi connectivity index (χ2v) is 7.75. The fraction of sp³-hybridized carbons (Fsp3) is 0.278. The summed E-state index contributed by atoms with van der Waals surface area (Å²) in [4.78, 5) is 11.9. The Morgan fingerprint density at radius 3 is 1.68 bits per heavy atom. The molecule has 22 heavy (non-hydrogen) atoms. The first-order chi connectivity index (χ1) is 10.5. The molecule has 0 spiro atoms. The van der Waals surface area contributed by atoms with Crippen LogP contribution >= 0.6 is 7.37 Å². The molecule has 4 heteroatoms. The lowest BCUT2D eigenvalue weighted by Gasteiger charge is -2.19. The summed E-state index contributed by atoms with van der Waals surface area (Å²) < 4.78 is 18.9. The van der Waals surface area contributed by atoms with Crippen LogP contribution in [-0.2, 0) is 13.9 Å². The van der Waals surface area contributed by atoms with Gasteiger partial charge in [-0.25, -0.2) is 0 Å². The van der Waals surface area contributed by atoms with Gasteiger partial charge in [0.15, 0.2) is 0 Å². The molecule has 2 rings (SSSR count). The van der Waals surface area contributed by atoms with Crippen LogP contribution in [0.3, 0.4) is 0 Å². The van der Waals surface area contributed by atoms with Crippen LogP contribution in [0.2, 0.25) is 0 Å². The van der Waals surface area contributed by atoms with Gasteiger partial charge < -0.3 is 4.52 Å². The van der Waals surface area contributed by atoms with Gasteiger partial charge in [-0.2, -0.15) is 0 Å². The molecule has 0 aliphatic heterocycles. The highest BCUT2D eigenvalue weighted by atomic mass is 31.2. The Morgan fingerprint density at radius 1 is 0.909 bits per heavy atom. The number of benzene rings is 2. The van der Waals surface area contributed by atoms with E-state index in [1.165, 1.54) is 0 Å². The van der Waals surface area contributed by atoms with Gasteiger partial charge in [-0.1, -0.05) is 42.3 Å². The van der Waals surface area contributed by atoms with E-state index in [-0.39, 0.29) is 6.42 Å². The maximum Gasteiger partial charge on any atom is 0.311 e. The smallest absolute Gasteiger partial charge is 0.311 e. The highest BCUT2D eigenvalue weighted by Crippen LogP contribution is 2.45. The zero-order chi connectivity index (χ0) is 16.2. The van der Waals surface area contributed by atoms with Gasteiger partial charge in [0.25, 0.3) is 0 Å². The number of rotatable bonds is 5. The third-order valence-electron chi connectivity index (χ3n) is 3.43. The first-order valence-corrected chi connectivity index (χ1v) is 9.05. The largest absolute Gasteiger partial charge is 0.405 e. The standard InChI is InChI=1S/C18H21O3P/c1-4-5-18(19)21-22(20,16-10-6-14(2)7-11-16)17-12-8-15(3)9-13-17/h6-13H,4-5H2,1-3H3. The van der Waals surface area contributed by atoms with Crippen molar-refractivity contribution in [3.63, 3.8) is 0 Å². The van der Waals surface area contributed by atoms with E-state index in [0.29, 0.717) is 17.0 Å². The van der Waals surface area contributed by atoms with Crippen molar-refractivity contribution in [3.8, 4) is 0 Å². The zero-order valence-corrected chi connectivity index (χ0v) is 14.1. The van der Waals surface area contributed by atoms with E-state index in [9.17, 15) is 9.36 Å². The van der Waals surface area contributed by atoms with Crippen molar-refractivity contribution in [3.05, 3.63) is 59.7 Å². The van der Waals surface area contributed by atoms with Gasteiger partial charge in [-0.15, -0.1) is 0 Å².